The molecule has 1 aliphatic heterocycles. The molecule has 7 nitrogen and oxygen atoms in total. The van der Waals surface area contributed by atoms with Gasteiger partial charge >= 0.3 is 5.97 Å². The number of anilines is 1. The van der Waals surface area contributed by atoms with Gasteiger partial charge < -0.3 is 14.5 Å². The van der Waals surface area contributed by atoms with E-state index in [1.165, 1.54) is 0 Å². The maximum absolute atomic E-state index is 13.0. The molecule has 0 bridgehead atoms. The molecule has 2 fully saturated rings. The third-order valence-electron chi connectivity index (χ3n) is 5.97. The number of hydrogen-bond acceptors (Lipinski definition) is 6. The molecule has 1 amide bonds. The van der Waals surface area contributed by atoms with Crippen molar-refractivity contribution in [3.8, 4) is 0 Å². The Morgan fingerprint density at radius 1 is 0.931 bits per heavy atom. The van der Waals surface area contributed by atoms with Crippen LogP contribution in [0.25, 0.3) is 0 Å². The van der Waals surface area contributed by atoms with Crippen LogP contribution in [-0.2, 0) is 19.7 Å². The van der Waals surface area contributed by atoms with Crippen molar-refractivity contribution in [2.45, 2.75) is 31.1 Å². The monoisotopic (exact) mass is 394 g/mol. The second kappa shape index (κ2) is 8.59. The van der Waals surface area contributed by atoms with Crippen LogP contribution < -0.4 is 4.90 Å². The molecule has 1 aromatic heterocycles. The van der Waals surface area contributed by atoms with Gasteiger partial charge in [0.05, 0.1) is 5.41 Å². The molecule has 0 radical (unpaired) electrons. The Morgan fingerprint density at radius 2 is 1.59 bits per heavy atom. The summed E-state index contributed by atoms with van der Waals surface area (Å²) in [6.45, 7) is 2.27. The number of benzene rings is 1. The first-order valence-electron chi connectivity index (χ1n) is 10.2. The summed E-state index contributed by atoms with van der Waals surface area (Å²) in [6, 6.07) is 11.6. The van der Waals surface area contributed by atoms with Crippen molar-refractivity contribution in [3.05, 3.63) is 54.4 Å². The Hall–Kier alpha value is -2.96. The number of aromatic nitrogens is 2. The zero-order valence-corrected chi connectivity index (χ0v) is 16.5. The van der Waals surface area contributed by atoms with Crippen LogP contribution in [0.1, 0.15) is 31.2 Å². The number of piperazine rings is 1. The van der Waals surface area contributed by atoms with E-state index < -0.39 is 5.41 Å². The van der Waals surface area contributed by atoms with Gasteiger partial charge in [-0.25, -0.2) is 9.97 Å². The number of hydrogen-bond donors (Lipinski definition) is 0. The topological polar surface area (TPSA) is 75.6 Å². The molecule has 1 saturated carbocycles. The van der Waals surface area contributed by atoms with Gasteiger partial charge in [0.15, 0.2) is 6.61 Å². The molecular formula is C22H26N4O3. The highest BCUT2D eigenvalue weighted by atomic mass is 16.5. The number of amides is 1. The van der Waals surface area contributed by atoms with Crippen LogP contribution >= 0.6 is 0 Å². The molecule has 0 N–H and O–H groups in total. The quantitative estimate of drug-likeness (QED) is 0.724. The van der Waals surface area contributed by atoms with E-state index in [9.17, 15) is 9.59 Å². The fourth-order valence-corrected chi connectivity index (χ4v) is 4.31. The van der Waals surface area contributed by atoms with Crippen LogP contribution in [-0.4, -0.2) is 59.5 Å². The molecule has 2 aliphatic rings. The molecular weight excluding hydrogens is 368 g/mol. The molecule has 29 heavy (non-hydrogen) atoms. The van der Waals surface area contributed by atoms with E-state index in [1.807, 2.05) is 30.3 Å². The molecule has 0 atom stereocenters. The summed E-state index contributed by atoms with van der Waals surface area (Å²) in [4.78, 5) is 37.9. The van der Waals surface area contributed by atoms with Crippen molar-refractivity contribution in [2.75, 3.05) is 37.7 Å². The van der Waals surface area contributed by atoms with Crippen molar-refractivity contribution in [3.63, 3.8) is 0 Å². The van der Waals surface area contributed by atoms with Gasteiger partial charge in [-0.1, -0.05) is 43.2 Å². The van der Waals surface area contributed by atoms with Gasteiger partial charge in [0.1, 0.15) is 0 Å². The Balaban J connectivity index is 1.32. The molecule has 2 aromatic rings. The highest BCUT2D eigenvalue weighted by Crippen LogP contribution is 2.42. The van der Waals surface area contributed by atoms with Gasteiger partial charge in [0.2, 0.25) is 5.95 Å². The third kappa shape index (κ3) is 4.09. The standard InChI is InChI=1S/C22H26N4O3/c27-19(25-13-15-26(16-14-25)21-23-11-6-12-24-21)17-29-20(28)22(9-4-5-10-22)18-7-2-1-3-8-18/h1-3,6-8,11-12H,4-5,9-10,13-17H2. The lowest BCUT2D eigenvalue weighted by molar-refractivity contribution is -0.157. The van der Waals surface area contributed by atoms with Gasteiger partial charge in [-0.3, -0.25) is 9.59 Å². The molecule has 2 heterocycles. The molecule has 1 saturated heterocycles. The first-order valence-corrected chi connectivity index (χ1v) is 10.2. The van der Waals surface area contributed by atoms with Crippen LogP contribution in [0.15, 0.2) is 48.8 Å². The summed E-state index contributed by atoms with van der Waals surface area (Å²) in [6.07, 6.45) is 6.98. The predicted octanol–water partition coefficient (Wildman–Crippen LogP) is 2.18. The second-order valence-corrected chi connectivity index (χ2v) is 7.65. The van der Waals surface area contributed by atoms with Crippen molar-refractivity contribution < 1.29 is 14.3 Å². The highest BCUT2D eigenvalue weighted by Gasteiger charge is 2.44. The largest absolute Gasteiger partial charge is 0.455 e. The fraction of sp³-hybridized carbons (Fsp3) is 0.455. The summed E-state index contributed by atoms with van der Waals surface area (Å²) in [7, 11) is 0. The first-order chi connectivity index (χ1) is 14.2. The zero-order chi connectivity index (χ0) is 20.1. The Kier molecular flexibility index (Phi) is 5.74. The van der Waals surface area contributed by atoms with Gasteiger partial charge in [0, 0.05) is 38.6 Å². The van der Waals surface area contributed by atoms with Crippen LogP contribution in [0.2, 0.25) is 0 Å². The Morgan fingerprint density at radius 3 is 2.24 bits per heavy atom. The lowest BCUT2D eigenvalue weighted by Gasteiger charge is -2.34. The van der Waals surface area contributed by atoms with Gasteiger partial charge in [-0.05, 0) is 24.5 Å². The average Bonchev–Trinajstić information content (AvgIpc) is 3.30. The maximum atomic E-state index is 13.0. The van der Waals surface area contributed by atoms with E-state index in [4.69, 9.17) is 4.74 Å². The Bertz CT molecular complexity index is 830. The first kappa shape index (κ1) is 19.4. The summed E-state index contributed by atoms with van der Waals surface area (Å²) in [5.41, 5.74) is 0.386. The minimum atomic E-state index is -0.606. The zero-order valence-electron chi connectivity index (χ0n) is 16.5. The van der Waals surface area contributed by atoms with Gasteiger partial charge in [-0.2, -0.15) is 0 Å². The second-order valence-electron chi connectivity index (χ2n) is 7.65. The number of rotatable bonds is 5. The third-order valence-corrected chi connectivity index (χ3v) is 5.97. The van der Waals surface area contributed by atoms with E-state index >= 15 is 0 Å². The van der Waals surface area contributed by atoms with E-state index in [0.29, 0.717) is 32.1 Å². The van der Waals surface area contributed by atoms with E-state index in [2.05, 4.69) is 14.9 Å². The van der Waals surface area contributed by atoms with E-state index in [-0.39, 0.29) is 18.5 Å². The molecule has 4 rings (SSSR count). The summed E-state index contributed by atoms with van der Waals surface area (Å²) in [5.74, 6) is 0.260. The van der Waals surface area contributed by atoms with E-state index in [0.717, 1.165) is 31.2 Å². The minimum absolute atomic E-state index is 0.145. The van der Waals surface area contributed by atoms with Crippen molar-refractivity contribution in [2.24, 2.45) is 0 Å². The molecule has 1 aromatic carbocycles. The van der Waals surface area contributed by atoms with E-state index in [1.54, 1.807) is 23.4 Å². The number of carbonyl (C=O) groups is 2. The van der Waals surface area contributed by atoms with Crippen LogP contribution in [0.5, 0.6) is 0 Å². The average molecular weight is 394 g/mol. The lowest BCUT2D eigenvalue weighted by atomic mass is 9.79. The fourth-order valence-electron chi connectivity index (χ4n) is 4.31. The molecule has 1 aliphatic carbocycles. The number of nitrogens with zero attached hydrogens (tertiary/aromatic N) is 4. The molecule has 7 heteroatoms. The normalized spacial score (nSPS) is 18.5. The molecule has 0 unspecified atom stereocenters. The van der Waals surface area contributed by atoms with Crippen LogP contribution in [0.3, 0.4) is 0 Å². The number of esters is 1. The van der Waals surface area contributed by atoms with Crippen molar-refractivity contribution in [1.82, 2.24) is 14.9 Å². The smallest absolute Gasteiger partial charge is 0.317 e. The lowest BCUT2D eigenvalue weighted by Crippen LogP contribution is -2.50. The Labute approximate surface area is 170 Å². The van der Waals surface area contributed by atoms with Crippen LogP contribution in [0.4, 0.5) is 5.95 Å². The van der Waals surface area contributed by atoms with Gasteiger partial charge in [-0.15, -0.1) is 0 Å². The summed E-state index contributed by atoms with van der Waals surface area (Å²) < 4.78 is 5.54. The van der Waals surface area contributed by atoms with Crippen LogP contribution in [0, 0.1) is 0 Å². The summed E-state index contributed by atoms with van der Waals surface area (Å²) in [5, 5.41) is 0. The van der Waals surface area contributed by atoms with Crippen molar-refractivity contribution >= 4 is 17.8 Å². The number of carbonyl (C=O) groups excluding carboxylic acids is 2. The predicted molar refractivity (Wildman–Crippen MR) is 108 cm³/mol. The number of ether oxygens (including phenoxy) is 1. The van der Waals surface area contributed by atoms with Crippen molar-refractivity contribution in [1.29, 1.82) is 0 Å². The maximum Gasteiger partial charge on any atom is 0.317 e. The minimum Gasteiger partial charge on any atom is -0.455 e. The SMILES string of the molecule is O=C(COC(=O)C1(c2ccccc2)CCCC1)N1CCN(c2ncccn2)CC1. The van der Waals surface area contributed by atoms with Gasteiger partial charge in [0.25, 0.3) is 5.91 Å². The highest BCUT2D eigenvalue weighted by molar-refractivity contribution is 5.86. The molecule has 152 valence electrons. The summed E-state index contributed by atoms with van der Waals surface area (Å²) >= 11 is 0. The molecule has 0 spiro atoms.